The summed E-state index contributed by atoms with van der Waals surface area (Å²) in [6.07, 6.45) is 4.02. The van der Waals surface area contributed by atoms with E-state index in [-0.39, 0.29) is 11.3 Å². The van der Waals surface area contributed by atoms with Gasteiger partial charge in [-0.25, -0.2) is 0 Å². The molecule has 1 saturated carbocycles. The Hall–Kier alpha value is -2.02. The topological polar surface area (TPSA) is 62.1 Å². The highest BCUT2D eigenvalue weighted by Gasteiger charge is 2.36. The second-order valence-electron chi connectivity index (χ2n) is 5.47. The molecule has 4 nitrogen and oxygen atoms in total. The van der Waals surface area contributed by atoms with Crippen molar-refractivity contribution in [1.29, 1.82) is 5.26 Å². The number of carbonyl (C=O) groups excluding carboxylic acids is 1. The van der Waals surface area contributed by atoms with Gasteiger partial charge in [0.05, 0.1) is 17.9 Å². The zero-order valence-corrected chi connectivity index (χ0v) is 12.0. The van der Waals surface area contributed by atoms with E-state index in [1.165, 1.54) is 0 Å². The average molecular weight is 272 g/mol. The fraction of sp³-hybridized carbons (Fsp3) is 0.500. The fourth-order valence-electron chi connectivity index (χ4n) is 2.64. The summed E-state index contributed by atoms with van der Waals surface area (Å²) in [6.45, 7) is 4.44. The van der Waals surface area contributed by atoms with Crippen LogP contribution in [0, 0.1) is 16.7 Å². The Bertz CT molecular complexity index is 540. The molecule has 0 radical (unpaired) electrons. The number of hydrogen-bond acceptors (Lipinski definition) is 3. The summed E-state index contributed by atoms with van der Waals surface area (Å²) >= 11 is 0. The van der Waals surface area contributed by atoms with Gasteiger partial charge >= 0.3 is 0 Å². The van der Waals surface area contributed by atoms with Crippen LogP contribution in [-0.2, 0) is 4.79 Å². The van der Waals surface area contributed by atoms with Crippen molar-refractivity contribution in [2.75, 3.05) is 11.9 Å². The summed E-state index contributed by atoms with van der Waals surface area (Å²) in [6, 6.07) is 7.28. The van der Waals surface area contributed by atoms with Gasteiger partial charge in [0.2, 0.25) is 5.91 Å². The van der Waals surface area contributed by atoms with Crippen LogP contribution in [-0.4, -0.2) is 12.5 Å². The molecular formula is C16H20N2O2. The lowest BCUT2D eigenvalue weighted by molar-refractivity contribution is -0.124. The number of benzene rings is 1. The molecule has 0 heterocycles. The minimum atomic E-state index is -0.300. The van der Waals surface area contributed by atoms with E-state index in [1.807, 2.05) is 13.8 Å². The Morgan fingerprint density at radius 2 is 2.15 bits per heavy atom. The van der Waals surface area contributed by atoms with Crippen LogP contribution >= 0.6 is 0 Å². The molecule has 0 aliphatic heterocycles. The maximum absolute atomic E-state index is 12.4. The van der Waals surface area contributed by atoms with Gasteiger partial charge in [0.25, 0.3) is 0 Å². The average Bonchev–Trinajstić information content (AvgIpc) is 2.89. The van der Waals surface area contributed by atoms with Crippen LogP contribution in [0.2, 0.25) is 0 Å². The van der Waals surface area contributed by atoms with Crippen molar-refractivity contribution in [2.24, 2.45) is 5.41 Å². The highest BCUT2D eigenvalue weighted by molar-refractivity contribution is 5.96. The molecule has 1 aromatic rings. The standard InChI is InChI=1S/C16H20N2O2/c1-3-20-13-6-7-14(12(10-13)11-17)18-15(19)16(2)8-4-5-9-16/h6-7,10H,3-5,8-9H2,1-2H3,(H,18,19). The van der Waals surface area contributed by atoms with Gasteiger partial charge in [0, 0.05) is 5.41 Å². The Balaban J connectivity index is 2.17. The number of hydrogen-bond donors (Lipinski definition) is 1. The smallest absolute Gasteiger partial charge is 0.230 e. The van der Waals surface area contributed by atoms with Crippen molar-refractivity contribution < 1.29 is 9.53 Å². The summed E-state index contributed by atoms with van der Waals surface area (Å²) in [5, 5.41) is 12.1. The quantitative estimate of drug-likeness (QED) is 0.912. The van der Waals surface area contributed by atoms with E-state index in [0.717, 1.165) is 25.7 Å². The molecule has 1 N–H and O–H groups in total. The predicted molar refractivity (Wildman–Crippen MR) is 77.5 cm³/mol. The van der Waals surface area contributed by atoms with E-state index in [9.17, 15) is 10.1 Å². The molecule has 106 valence electrons. The van der Waals surface area contributed by atoms with Crippen LogP contribution in [0.25, 0.3) is 0 Å². The number of carbonyl (C=O) groups is 1. The molecule has 0 bridgehead atoms. The maximum atomic E-state index is 12.4. The summed E-state index contributed by atoms with van der Waals surface area (Å²) < 4.78 is 5.36. The molecular weight excluding hydrogens is 252 g/mol. The lowest BCUT2D eigenvalue weighted by atomic mass is 9.87. The van der Waals surface area contributed by atoms with Gasteiger partial charge in [-0.2, -0.15) is 5.26 Å². The van der Waals surface area contributed by atoms with Crippen LogP contribution in [0.4, 0.5) is 5.69 Å². The van der Waals surface area contributed by atoms with Crippen molar-refractivity contribution >= 4 is 11.6 Å². The molecule has 0 unspecified atom stereocenters. The Kier molecular flexibility index (Phi) is 4.29. The maximum Gasteiger partial charge on any atom is 0.230 e. The van der Waals surface area contributed by atoms with Gasteiger partial charge in [-0.05, 0) is 38.0 Å². The lowest BCUT2D eigenvalue weighted by Crippen LogP contribution is -2.31. The second-order valence-corrected chi connectivity index (χ2v) is 5.47. The summed E-state index contributed by atoms with van der Waals surface area (Å²) in [7, 11) is 0. The normalized spacial score (nSPS) is 16.4. The van der Waals surface area contributed by atoms with Crippen LogP contribution < -0.4 is 10.1 Å². The number of rotatable bonds is 4. The van der Waals surface area contributed by atoms with E-state index in [1.54, 1.807) is 18.2 Å². The van der Waals surface area contributed by atoms with Crippen molar-refractivity contribution in [1.82, 2.24) is 0 Å². The molecule has 1 amide bonds. The van der Waals surface area contributed by atoms with Crippen molar-refractivity contribution in [2.45, 2.75) is 39.5 Å². The molecule has 0 saturated heterocycles. The van der Waals surface area contributed by atoms with Crippen LogP contribution in [0.3, 0.4) is 0 Å². The highest BCUT2D eigenvalue weighted by Crippen LogP contribution is 2.38. The van der Waals surface area contributed by atoms with E-state index < -0.39 is 0 Å². The molecule has 0 aromatic heterocycles. The molecule has 0 atom stereocenters. The fourth-order valence-corrected chi connectivity index (χ4v) is 2.64. The third-order valence-corrected chi connectivity index (χ3v) is 3.93. The summed E-state index contributed by atoms with van der Waals surface area (Å²) in [5.41, 5.74) is 0.700. The second kappa shape index (κ2) is 5.96. The van der Waals surface area contributed by atoms with Gasteiger partial charge in [0.1, 0.15) is 11.8 Å². The monoisotopic (exact) mass is 272 g/mol. The number of anilines is 1. The van der Waals surface area contributed by atoms with E-state index in [4.69, 9.17) is 4.74 Å². The largest absolute Gasteiger partial charge is 0.494 e. The number of ether oxygens (including phenoxy) is 1. The van der Waals surface area contributed by atoms with Crippen LogP contribution in [0.15, 0.2) is 18.2 Å². The van der Waals surface area contributed by atoms with E-state index in [2.05, 4.69) is 11.4 Å². The van der Waals surface area contributed by atoms with E-state index in [0.29, 0.717) is 23.6 Å². The molecule has 0 spiro atoms. The van der Waals surface area contributed by atoms with Gasteiger partial charge in [-0.1, -0.05) is 19.8 Å². The summed E-state index contributed by atoms with van der Waals surface area (Å²) in [4.78, 5) is 12.4. The van der Waals surface area contributed by atoms with Gasteiger partial charge < -0.3 is 10.1 Å². The molecule has 4 heteroatoms. The van der Waals surface area contributed by atoms with Gasteiger partial charge in [-0.3, -0.25) is 4.79 Å². The third kappa shape index (κ3) is 2.93. The first-order valence-electron chi connectivity index (χ1n) is 7.07. The van der Waals surface area contributed by atoms with Gasteiger partial charge in [0.15, 0.2) is 0 Å². The highest BCUT2D eigenvalue weighted by atomic mass is 16.5. The zero-order valence-electron chi connectivity index (χ0n) is 12.0. The zero-order chi connectivity index (χ0) is 14.6. The molecule has 1 aromatic carbocycles. The first kappa shape index (κ1) is 14.4. The Morgan fingerprint density at radius 1 is 1.45 bits per heavy atom. The SMILES string of the molecule is CCOc1ccc(NC(=O)C2(C)CCCC2)c(C#N)c1. The Labute approximate surface area is 119 Å². The van der Waals surface area contributed by atoms with Crippen molar-refractivity contribution in [3.05, 3.63) is 23.8 Å². The third-order valence-electron chi connectivity index (χ3n) is 3.93. The first-order valence-corrected chi connectivity index (χ1v) is 7.07. The van der Waals surface area contributed by atoms with Crippen molar-refractivity contribution in [3.8, 4) is 11.8 Å². The van der Waals surface area contributed by atoms with Crippen LogP contribution in [0.5, 0.6) is 5.75 Å². The van der Waals surface area contributed by atoms with Gasteiger partial charge in [-0.15, -0.1) is 0 Å². The molecule has 20 heavy (non-hydrogen) atoms. The lowest BCUT2D eigenvalue weighted by Gasteiger charge is -2.22. The number of nitriles is 1. The minimum absolute atomic E-state index is 0.00987. The van der Waals surface area contributed by atoms with Crippen LogP contribution in [0.1, 0.15) is 45.1 Å². The molecule has 1 aliphatic carbocycles. The minimum Gasteiger partial charge on any atom is -0.494 e. The predicted octanol–water partition coefficient (Wildman–Crippen LogP) is 3.48. The molecule has 1 aliphatic rings. The Morgan fingerprint density at radius 3 is 2.75 bits per heavy atom. The van der Waals surface area contributed by atoms with E-state index >= 15 is 0 Å². The summed E-state index contributed by atoms with van der Waals surface area (Å²) in [5.74, 6) is 0.657. The first-order chi connectivity index (χ1) is 9.59. The molecule has 2 rings (SSSR count). The molecule has 1 fully saturated rings. The van der Waals surface area contributed by atoms with Crippen molar-refractivity contribution in [3.63, 3.8) is 0 Å². The number of nitrogens with one attached hydrogen (secondary N) is 1. The number of amides is 1. The number of nitrogens with zero attached hydrogens (tertiary/aromatic N) is 1.